The van der Waals surface area contributed by atoms with Gasteiger partial charge < -0.3 is 5.32 Å². The number of aromatic nitrogens is 1. The number of nitrogens with one attached hydrogen (secondary N) is 1. The lowest BCUT2D eigenvalue weighted by molar-refractivity contribution is -0.116. The quantitative estimate of drug-likeness (QED) is 0.901. The number of pyridine rings is 1. The minimum Gasteiger partial charge on any atom is -0.311 e. The van der Waals surface area contributed by atoms with E-state index in [9.17, 15) is 4.79 Å². The molecule has 0 radical (unpaired) electrons. The summed E-state index contributed by atoms with van der Waals surface area (Å²) in [4.78, 5) is 15.5. The van der Waals surface area contributed by atoms with Crippen molar-refractivity contribution in [1.82, 2.24) is 4.98 Å². The highest BCUT2D eigenvalue weighted by Crippen LogP contribution is 2.32. The normalized spacial score (nSPS) is 15.2. The van der Waals surface area contributed by atoms with Crippen molar-refractivity contribution in [3.8, 4) is 0 Å². The fraction of sp³-hybridized carbons (Fsp3) is 0.400. The molecule has 1 amide bonds. The van der Waals surface area contributed by atoms with Crippen molar-refractivity contribution >= 4 is 27.7 Å². The van der Waals surface area contributed by atoms with Gasteiger partial charge in [0.2, 0.25) is 5.91 Å². The van der Waals surface area contributed by atoms with Gasteiger partial charge in [0.15, 0.2) is 0 Å². The number of amides is 1. The zero-order valence-corrected chi connectivity index (χ0v) is 9.25. The predicted octanol–water partition coefficient (Wildman–Crippen LogP) is 2.58. The predicted molar refractivity (Wildman–Crippen MR) is 57.9 cm³/mol. The topological polar surface area (TPSA) is 42.0 Å². The van der Waals surface area contributed by atoms with Gasteiger partial charge in [-0.3, -0.25) is 4.79 Å². The van der Waals surface area contributed by atoms with Gasteiger partial charge in [-0.1, -0.05) is 0 Å². The van der Waals surface area contributed by atoms with Crippen LogP contribution in [-0.2, 0) is 4.79 Å². The molecule has 1 aromatic heterocycles. The smallest absolute Gasteiger partial charge is 0.225 e. The van der Waals surface area contributed by atoms with Gasteiger partial charge in [-0.2, -0.15) is 0 Å². The molecule has 1 aliphatic rings. The molecule has 0 aromatic carbocycles. The maximum absolute atomic E-state index is 11.4. The molecule has 1 aliphatic carbocycles. The number of carbonyl (C=O) groups is 1. The summed E-state index contributed by atoms with van der Waals surface area (Å²) < 4.78 is 0.915. The highest BCUT2D eigenvalue weighted by atomic mass is 79.9. The van der Waals surface area contributed by atoms with Crippen molar-refractivity contribution in [2.24, 2.45) is 5.92 Å². The molecular weight excluding hydrogens is 244 g/mol. The van der Waals surface area contributed by atoms with E-state index in [4.69, 9.17) is 0 Å². The molecule has 14 heavy (non-hydrogen) atoms. The molecule has 4 heteroatoms. The number of nitrogens with zero attached hydrogens (tertiary/aromatic N) is 1. The van der Waals surface area contributed by atoms with Crippen LogP contribution in [0.5, 0.6) is 0 Å². The Morgan fingerprint density at radius 2 is 2.36 bits per heavy atom. The van der Waals surface area contributed by atoms with E-state index in [1.165, 1.54) is 12.8 Å². The fourth-order valence-corrected chi connectivity index (χ4v) is 1.46. The van der Waals surface area contributed by atoms with E-state index in [0.717, 1.165) is 4.47 Å². The van der Waals surface area contributed by atoms with Crippen molar-refractivity contribution in [3.63, 3.8) is 0 Å². The average Bonchev–Trinajstić information content (AvgIpc) is 2.93. The molecule has 0 aliphatic heterocycles. The first-order valence-corrected chi connectivity index (χ1v) is 5.45. The Labute approximate surface area is 91.0 Å². The first-order valence-electron chi connectivity index (χ1n) is 4.65. The molecular formula is C10H11BrN2O. The Kier molecular flexibility index (Phi) is 2.82. The van der Waals surface area contributed by atoms with Gasteiger partial charge in [0.25, 0.3) is 0 Å². The van der Waals surface area contributed by atoms with Gasteiger partial charge in [-0.15, -0.1) is 0 Å². The van der Waals surface area contributed by atoms with Gasteiger partial charge in [0.1, 0.15) is 5.82 Å². The monoisotopic (exact) mass is 254 g/mol. The van der Waals surface area contributed by atoms with Crippen molar-refractivity contribution in [1.29, 1.82) is 0 Å². The summed E-state index contributed by atoms with van der Waals surface area (Å²) in [5, 5.41) is 2.77. The van der Waals surface area contributed by atoms with E-state index in [1.54, 1.807) is 12.3 Å². The number of halogens is 1. The second-order valence-electron chi connectivity index (χ2n) is 3.56. The Balaban J connectivity index is 1.89. The number of anilines is 1. The molecule has 74 valence electrons. The van der Waals surface area contributed by atoms with Crippen LogP contribution in [0.25, 0.3) is 0 Å². The van der Waals surface area contributed by atoms with Gasteiger partial charge in [-0.25, -0.2) is 4.98 Å². The minimum absolute atomic E-state index is 0.0716. The Hall–Kier alpha value is -0.900. The second-order valence-corrected chi connectivity index (χ2v) is 4.47. The minimum atomic E-state index is 0.0716. The van der Waals surface area contributed by atoms with E-state index >= 15 is 0 Å². The molecule has 3 nitrogen and oxygen atoms in total. The summed E-state index contributed by atoms with van der Waals surface area (Å²) in [6.45, 7) is 0. The lowest BCUT2D eigenvalue weighted by Crippen LogP contribution is -2.12. The third-order valence-electron chi connectivity index (χ3n) is 2.17. The van der Waals surface area contributed by atoms with Crippen LogP contribution in [0.2, 0.25) is 0 Å². The molecule has 1 N–H and O–H groups in total. The molecule has 1 saturated carbocycles. The van der Waals surface area contributed by atoms with Crippen LogP contribution < -0.4 is 5.32 Å². The van der Waals surface area contributed by atoms with Crippen molar-refractivity contribution in [2.45, 2.75) is 19.3 Å². The van der Waals surface area contributed by atoms with E-state index in [1.807, 2.05) is 6.07 Å². The van der Waals surface area contributed by atoms with Gasteiger partial charge >= 0.3 is 0 Å². The summed E-state index contributed by atoms with van der Waals surface area (Å²) in [5.74, 6) is 1.31. The van der Waals surface area contributed by atoms with E-state index in [0.29, 0.717) is 18.2 Å². The molecule has 0 bridgehead atoms. The fourth-order valence-electron chi connectivity index (χ4n) is 1.23. The lowest BCUT2D eigenvalue weighted by Gasteiger charge is -2.02. The summed E-state index contributed by atoms with van der Waals surface area (Å²) in [6.07, 6.45) is 4.70. The Morgan fingerprint density at radius 1 is 1.57 bits per heavy atom. The second kappa shape index (κ2) is 4.09. The molecule has 1 aromatic rings. The van der Waals surface area contributed by atoms with Crippen LogP contribution in [0.1, 0.15) is 19.3 Å². The molecule has 0 saturated heterocycles. The van der Waals surface area contributed by atoms with Crippen LogP contribution in [0, 0.1) is 5.92 Å². The molecule has 1 heterocycles. The average molecular weight is 255 g/mol. The summed E-state index contributed by atoms with van der Waals surface area (Å²) in [6, 6.07) is 3.65. The van der Waals surface area contributed by atoms with Gasteiger partial charge in [-0.05, 0) is 46.8 Å². The van der Waals surface area contributed by atoms with E-state index in [-0.39, 0.29) is 5.91 Å². The Morgan fingerprint density at radius 3 is 2.93 bits per heavy atom. The first kappa shape index (κ1) is 9.65. The van der Waals surface area contributed by atoms with Crippen LogP contribution >= 0.6 is 15.9 Å². The first-order chi connectivity index (χ1) is 6.74. The van der Waals surface area contributed by atoms with Crippen LogP contribution in [0.15, 0.2) is 22.8 Å². The third kappa shape index (κ3) is 2.80. The number of hydrogen-bond acceptors (Lipinski definition) is 2. The molecule has 0 spiro atoms. The SMILES string of the molecule is O=C(CC1CC1)Nc1ccc(Br)cn1. The molecule has 0 atom stereocenters. The van der Waals surface area contributed by atoms with Crippen molar-refractivity contribution < 1.29 is 4.79 Å². The molecule has 0 unspecified atom stereocenters. The van der Waals surface area contributed by atoms with Gasteiger partial charge in [0, 0.05) is 17.1 Å². The maximum atomic E-state index is 11.4. The summed E-state index contributed by atoms with van der Waals surface area (Å²) in [5.41, 5.74) is 0. The van der Waals surface area contributed by atoms with E-state index < -0.39 is 0 Å². The maximum Gasteiger partial charge on any atom is 0.225 e. The number of carbonyl (C=O) groups excluding carboxylic acids is 1. The van der Waals surface area contributed by atoms with Gasteiger partial charge in [0.05, 0.1) is 0 Å². The van der Waals surface area contributed by atoms with Crippen LogP contribution in [-0.4, -0.2) is 10.9 Å². The number of rotatable bonds is 3. The molecule has 2 rings (SSSR count). The van der Waals surface area contributed by atoms with Crippen LogP contribution in [0.3, 0.4) is 0 Å². The largest absolute Gasteiger partial charge is 0.311 e. The highest BCUT2D eigenvalue weighted by Gasteiger charge is 2.24. The lowest BCUT2D eigenvalue weighted by atomic mass is 10.3. The zero-order chi connectivity index (χ0) is 9.97. The standard InChI is InChI=1S/C10H11BrN2O/c11-8-3-4-9(12-6-8)13-10(14)5-7-1-2-7/h3-4,6-7H,1-2,5H2,(H,12,13,14). The summed E-state index contributed by atoms with van der Waals surface area (Å²) in [7, 11) is 0. The third-order valence-corrected chi connectivity index (χ3v) is 2.63. The number of hydrogen-bond donors (Lipinski definition) is 1. The Bertz CT molecular complexity index is 332. The highest BCUT2D eigenvalue weighted by molar-refractivity contribution is 9.10. The molecule has 1 fully saturated rings. The van der Waals surface area contributed by atoms with Crippen LogP contribution in [0.4, 0.5) is 5.82 Å². The van der Waals surface area contributed by atoms with Crippen molar-refractivity contribution in [3.05, 3.63) is 22.8 Å². The van der Waals surface area contributed by atoms with E-state index in [2.05, 4.69) is 26.2 Å². The summed E-state index contributed by atoms with van der Waals surface area (Å²) >= 11 is 3.29. The van der Waals surface area contributed by atoms with Crippen molar-refractivity contribution in [2.75, 3.05) is 5.32 Å². The zero-order valence-electron chi connectivity index (χ0n) is 7.66.